The van der Waals surface area contributed by atoms with Gasteiger partial charge in [0, 0.05) is 26.0 Å². The first-order valence-electron chi connectivity index (χ1n) is 4.73. The Morgan fingerprint density at radius 1 is 1.40 bits per heavy atom. The Labute approximate surface area is 89.4 Å². The number of hydrogen-bond acceptors (Lipinski definition) is 3. The molecule has 0 aliphatic carbocycles. The van der Waals surface area contributed by atoms with Crippen LogP contribution in [0.15, 0.2) is 29.3 Å². The van der Waals surface area contributed by atoms with Crippen LogP contribution in [0.4, 0.5) is 5.69 Å². The van der Waals surface area contributed by atoms with E-state index in [1.54, 1.807) is 20.3 Å². The van der Waals surface area contributed by atoms with Crippen LogP contribution in [0.1, 0.15) is 5.56 Å². The number of aliphatic imine (C=N–C) groups is 1. The van der Waals surface area contributed by atoms with E-state index in [4.69, 9.17) is 0 Å². The van der Waals surface area contributed by atoms with E-state index in [0.29, 0.717) is 0 Å². The molecule has 4 heteroatoms. The van der Waals surface area contributed by atoms with Crippen molar-refractivity contribution in [2.45, 2.75) is 0 Å². The SMILES string of the molecule is CN=Cc1ccc(NCC(=O)NC)cc1. The van der Waals surface area contributed by atoms with Crippen LogP contribution in [0.5, 0.6) is 0 Å². The topological polar surface area (TPSA) is 53.5 Å². The van der Waals surface area contributed by atoms with E-state index in [1.165, 1.54) is 0 Å². The lowest BCUT2D eigenvalue weighted by atomic mass is 10.2. The van der Waals surface area contributed by atoms with Gasteiger partial charge in [0.25, 0.3) is 0 Å². The molecular formula is C11H15N3O. The maximum atomic E-state index is 11.0. The standard InChI is InChI=1S/C11H15N3O/c1-12-7-9-3-5-10(6-4-9)14-8-11(15)13-2/h3-7,14H,8H2,1-2H3,(H,13,15). The summed E-state index contributed by atoms with van der Waals surface area (Å²) < 4.78 is 0. The number of rotatable bonds is 4. The van der Waals surface area contributed by atoms with Crippen molar-refractivity contribution in [3.05, 3.63) is 29.8 Å². The van der Waals surface area contributed by atoms with E-state index in [-0.39, 0.29) is 12.5 Å². The molecule has 15 heavy (non-hydrogen) atoms. The third-order valence-corrected chi connectivity index (χ3v) is 1.92. The molecule has 0 spiro atoms. The van der Waals surface area contributed by atoms with Gasteiger partial charge in [0.2, 0.25) is 5.91 Å². The molecule has 2 N–H and O–H groups in total. The maximum Gasteiger partial charge on any atom is 0.239 e. The molecule has 80 valence electrons. The summed E-state index contributed by atoms with van der Waals surface area (Å²) in [6, 6.07) is 7.72. The highest BCUT2D eigenvalue weighted by Crippen LogP contribution is 2.07. The molecule has 1 rings (SSSR count). The molecule has 0 saturated carbocycles. The number of amides is 1. The summed E-state index contributed by atoms with van der Waals surface area (Å²) in [7, 11) is 3.35. The third kappa shape index (κ3) is 3.81. The zero-order valence-electron chi connectivity index (χ0n) is 8.95. The average Bonchev–Trinajstić information content (AvgIpc) is 2.28. The number of hydrogen-bond donors (Lipinski definition) is 2. The lowest BCUT2D eigenvalue weighted by Crippen LogP contribution is -2.26. The fourth-order valence-corrected chi connectivity index (χ4v) is 1.11. The summed E-state index contributed by atoms with van der Waals surface area (Å²) in [5.74, 6) is -0.0332. The summed E-state index contributed by atoms with van der Waals surface area (Å²) in [6.07, 6.45) is 1.78. The minimum absolute atomic E-state index is 0.0332. The molecule has 0 fully saturated rings. The molecule has 1 aromatic rings. The van der Waals surface area contributed by atoms with Crippen molar-refractivity contribution < 1.29 is 4.79 Å². The Hall–Kier alpha value is -1.84. The average molecular weight is 205 g/mol. The number of nitrogens with zero attached hydrogens (tertiary/aromatic N) is 1. The molecule has 0 aromatic heterocycles. The Bertz CT molecular complexity index is 343. The quantitative estimate of drug-likeness (QED) is 0.717. The van der Waals surface area contributed by atoms with E-state index in [1.807, 2.05) is 24.3 Å². The fourth-order valence-electron chi connectivity index (χ4n) is 1.11. The zero-order chi connectivity index (χ0) is 11.1. The Balaban J connectivity index is 2.53. The smallest absolute Gasteiger partial charge is 0.239 e. The molecule has 0 atom stereocenters. The van der Waals surface area contributed by atoms with Gasteiger partial charge in [-0.3, -0.25) is 9.79 Å². The van der Waals surface area contributed by atoms with E-state index in [2.05, 4.69) is 15.6 Å². The number of benzene rings is 1. The summed E-state index contributed by atoms with van der Waals surface area (Å²) >= 11 is 0. The lowest BCUT2D eigenvalue weighted by molar-refractivity contribution is -0.118. The van der Waals surface area contributed by atoms with E-state index >= 15 is 0 Å². The van der Waals surface area contributed by atoms with Crippen LogP contribution >= 0.6 is 0 Å². The van der Waals surface area contributed by atoms with Gasteiger partial charge < -0.3 is 10.6 Å². The van der Waals surface area contributed by atoms with Gasteiger partial charge >= 0.3 is 0 Å². The number of carbonyl (C=O) groups excluding carboxylic acids is 1. The molecule has 0 saturated heterocycles. The maximum absolute atomic E-state index is 11.0. The van der Waals surface area contributed by atoms with Crippen molar-refractivity contribution in [1.29, 1.82) is 0 Å². The van der Waals surface area contributed by atoms with Crippen LogP contribution in [0, 0.1) is 0 Å². The van der Waals surface area contributed by atoms with Gasteiger partial charge in [0.1, 0.15) is 0 Å². The van der Waals surface area contributed by atoms with Crippen molar-refractivity contribution >= 4 is 17.8 Å². The van der Waals surface area contributed by atoms with Crippen LogP contribution in [0.2, 0.25) is 0 Å². The molecule has 0 bridgehead atoms. The highest BCUT2D eigenvalue weighted by atomic mass is 16.1. The molecule has 0 aliphatic heterocycles. The normalized spacial score (nSPS) is 10.3. The van der Waals surface area contributed by atoms with Gasteiger partial charge in [-0.05, 0) is 17.7 Å². The lowest BCUT2D eigenvalue weighted by Gasteiger charge is -2.05. The van der Waals surface area contributed by atoms with Crippen LogP contribution in [-0.2, 0) is 4.79 Å². The first-order valence-corrected chi connectivity index (χ1v) is 4.73. The molecule has 1 amide bonds. The van der Waals surface area contributed by atoms with E-state index < -0.39 is 0 Å². The summed E-state index contributed by atoms with van der Waals surface area (Å²) in [5.41, 5.74) is 1.97. The third-order valence-electron chi connectivity index (χ3n) is 1.92. The van der Waals surface area contributed by atoms with Crippen molar-refractivity contribution in [1.82, 2.24) is 5.32 Å². The second kappa shape index (κ2) is 5.80. The van der Waals surface area contributed by atoms with Gasteiger partial charge in [-0.2, -0.15) is 0 Å². The van der Waals surface area contributed by atoms with E-state index in [9.17, 15) is 4.79 Å². The molecule has 0 heterocycles. The highest BCUT2D eigenvalue weighted by Gasteiger charge is 1.96. The predicted molar refractivity (Wildman–Crippen MR) is 62.5 cm³/mol. The van der Waals surface area contributed by atoms with Gasteiger partial charge in [0.15, 0.2) is 0 Å². The van der Waals surface area contributed by atoms with Crippen LogP contribution in [0.25, 0.3) is 0 Å². The molecule has 0 radical (unpaired) electrons. The van der Waals surface area contributed by atoms with E-state index in [0.717, 1.165) is 11.3 Å². The van der Waals surface area contributed by atoms with Crippen LogP contribution in [-0.4, -0.2) is 32.8 Å². The first-order chi connectivity index (χ1) is 7.26. The Morgan fingerprint density at radius 2 is 2.07 bits per heavy atom. The Morgan fingerprint density at radius 3 is 2.60 bits per heavy atom. The summed E-state index contributed by atoms with van der Waals surface area (Å²) in [6.45, 7) is 0.289. The molecule has 4 nitrogen and oxygen atoms in total. The fraction of sp³-hybridized carbons (Fsp3) is 0.273. The van der Waals surface area contributed by atoms with Gasteiger partial charge in [-0.15, -0.1) is 0 Å². The number of likely N-dealkylation sites (N-methyl/N-ethyl adjacent to an activating group) is 1. The van der Waals surface area contributed by atoms with Crippen molar-refractivity contribution in [3.63, 3.8) is 0 Å². The van der Waals surface area contributed by atoms with Gasteiger partial charge in [-0.1, -0.05) is 12.1 Å². The first kappa shape index (κ1) is 11.2. The number of anilines is 1. The van der Waals surface area contributed by atoms with Crippen LogP contribution < -0.4 is 10.6 Å². The van der Waals surface area contributed by atoms with Crippen LogP contribution in [0.3, 0.4) is 0 Å². The second-order valence-corrected chi connectivity index (χ2v) is 3.04. The monoisotopic (exact) mass is 205 g/mol. The number of carbonyl (C=O) groups is 1. The zero-order valence-corrected chi connectivity index (χ0v) is 8.95. The molecule has 0 aliphatic rings. The largest absolute Gasteiger partial charge is 0.376 e. The minimum Gasteiger partial charge on any atom is -0.376 e. The molecule has 0 unspecified atom stereocenters. The van der Waals surface area contributed by atoms with Crippen molar-refractivity contribution in [2.24, 2.45) is 4.99 Å². The second-order valence-electron chi connectivity index (χ2n) is 3.04. The number of nitrogens with one attached hydrogen (secondary N) is 2. The Kier molecular flexibility index (Phi) is 4.34. The highest BCUT2D eigenvalue weighted by molar-refractivity contribution is 5.82. The molecule has 1 aromatic carbocycles. The predicted octanol–water partition coefficient (Wildman–Crippen LogP) is 0.893. The van der Waals surface area contributed by atoms with Crippen molar-refractivity contribution in [3.8, 4) is 0 Å². The van der Waals surface area contributed by atoms with Gasteiger partial charge in [-0.25, -0.2) is 0 Å². The molecular weight excluding hydrogens is 190 g/mol. The summed E-state index contributed by atoms with van der Waals surface area (Å²) in [5, 5.41) is 5.55. The summed E-state index contributed by atoms with van der Waals surface area (Å²) in [4.78, 5) is 14.9. The minimum atomic E-state index is -0.0332. The van der Waals surface area contributed by atoms with Crippen molar-refractivity contribution in [2.75, 3.05) is 26.0 Å². The van der Waals surface area contributed by atoms with Gasteiger partial charge in [0.05, 0.1) is 6.54 Å².